The van der Waals surface area contributed by atoms with Crippen molar-refractivity contribution in [1.29, 1.82) is 0 Å². The molecule has 100 valence electrons. The Bertz CT molecular complexity index is 343. The van der Waals surface area contributed by atoms with Crippen molar-refractivity contribution in [3.63, 3.8) is 0 Å². The van der Waals surface area contributed by atoms with Crippen molar-refractivity contribution in [2.24, 2.45) is 0 Å². The summed E-state index contributed by atoms with van der Waals surface area (Å²) < 4.78 is 0. The molecule has 0 saturated heterocycles. The molecule has 0 aromatic heterocycles. The highest BCUT2D eigenvalue weighted by molar-refractivity contribution is 8.13. The van der Waals surface area contributed by atoms with E-state index in [4.69, 9.17) is 0 Å². The summed E-state index contributed by atoms with van der Waals surface area (Å²) in [4.78, 5) is 11.4. The molecule has 0 heterocycles. The lowest BCUT2D eigenvalue weighted by atomic mass is 10.0. The molecule has 2 heteroatoms. The average Bonchev–Trinajstić information content (AvgIpc) is 2.42. The standard InChI is InChI=1S/C16H24OS/c1-3-4-5-6-7-8-9-14-10-12-15(13-11-14)16(17)18-2/h10-13H,3-9H2,1-2H3. The van der Waals surface area contributed by atoms with Crippen LogP contribution in [0.5, 0.6) is 0 Å². The number of carbonyl (C=O) groups is 1. The summed E-state index contributed by atoms with van der Waals surface area (Å²) in [6.07, 6.45) is 11.0. The third-order valence-corrected chi connectivity index (χ3v) is 3.80. The second-order valence-corrected chi connectivity index (χ2v) is 5.49. The minimum Gasteiger partial charge on any atom is -0.282 e. The van der Waals surface area contributed by atoms with E-state index < -0.39 is 0 Å². The number of hydrogen-bond acceptors (Lipinski definition) is 2. The van der Waals surface area contributed by atoms with E-state index in [0.29, 0.717) is 0 Å². The molecule has 18 heavy (non-hydrogen) atoms. The molecule has 0 spiro atoms. The molecule has 0 aliphatic carbocycles. The fraction of sp³-hybridized carbons (Fsp3) is 0.562. The molecule has 0 unspecified atom stereocenters. The average molecular weight is 264 g/mol. The van der Waals surface area contributed by atoms with Gasteiger partial charge in [0, 0.05) is 5.56 Å². The van der Waals surface area contributed by atoms with Crippen molar-refractivity contribution in [2.45, 2.75) is 51.9 Å². The molecular formula is C16H24OS. The van der Waals surface area contributed by atoms with Crippen LogP contribution >= 0.6 is 11.8 Å². The Morgan fingerprint density at radius 2 is 1.61 bits per heavy atom. The summed E-state index contributed by atoms with van der Waals surface area (Å²) in [7, 11) is 0. The lowest BCUT2D eigenvalue weighted by Crippen LogP contribution is -1.93. The van der Waals surface area contributed by atoms with E-state index in [-0.39, 0.29) is 5.12 Å². The Morgan fingerprint density at radius 1 is 1.00 bits per heavy atom. The summed E-state index contributed by atoms with van der Waals surface area (Å²) in [5.41, 5.74) is 2.16. The molecule has 1 aromatic carbocycles. The number of hydrogen-bond donors (Lipinski definition) is 0. The van der Waals surface area contributed by atoms with Crippen LogP contribution in [0.4, 0.5) is 0 Å². The van der Waals surface area contributed by atoms with Crippen molar-refractivity contribution in [2.75, 3.05) is 6.26 Å². The molecule has 1 nitrogen and oxygen atoms in total. The third-order valence-electron chi connectivity index (χ3n) is 3.19. The Balaban J connectivity index is 2.25. The Labute approximate surface area is 115 Å². The van der Waals surface area contributed by atoms with Crippen LogP contribution in [-0.4, -0.2) is 11.4 Å². The highest BCUT2D eigenvalue weighted by atomic mass is 32.2. The molecular weight excluding hydrogens is 240 g/mol. The van der Waals surface area contributed by atoms with E-state index >= 15 is 0 Å². The predicted molar refractivity (Wildman–Crippen MR) is 81.4 cm³/mol. The van der Waals surface area contributed by atoms with Crippen LogP contribution in [0, 0.1) is 0 Å². The van der Waals surface area contributed by atoms with Gasteiger partial charge in [-0.05, 0) is 24.7 Å². The molecule has 0 N–H and O–H groups in total. The van der Waals surface area contributed by atoms with E-state index in [1.807, 2.05) is 18.4 Å². The van der Waals surface area contributed by atoms with Gasteiger partial charge in [-0.3, -0.25) is 4.79 Å². The monoisotopic (exact) mass is 264 g/mol. The predicted octanol–water partition coefficient (Wildman–Crippen LogP) is 5.09. The van der Waals surface area contributed by atoms with Gasteiger partial charge < -0.3 is 0 Å². The summed E-state index contributed by atoms with van der Waals surface area (Å²) in [6, 6.07) is 8.08. The molecule has 0 atom stereocenters. The highest BCUT2D eigenvalue weighted by Gasteiger charge is 2.02. The van der Waals surface area contributed by atoms with E-state index in [9.17, 15) is 4.79 Å². The van der Waals surface area contributed by atoms with E-state index in [0.717, 1.165) is 12.0 Å². The van der Waals surface area contributed by atoms with Crippen LogP contribution in [-0.2, 0) is 6.42 Å². The molecule has 0 aliphatic rings. The SMILES string of the molecule is CCCCCCCCc1ccc(C(=O)SC)cc1. The maximum Gasteiger partial charge on any atom is 0.219 e. The van der Waals surface area contributed by atoms with Crippen molar-refractivity contribution in [3.05, 3.63) is 35.4 Å². The maximum atomic E-state index is 11.4. The van der Waals surface area contributed by atoms with Gasteiger partial charge in [0.1, 0.15) is 0 Å². The molecule has 0 fully saturated rings. The smallest absolute Gasteiger partial charge is 0.219 e. The van der Waals surface area contributed by atoms with Gasteiger partial charge in [-0.2, -0.15) is 0 Å². The van der Waals surface area contributed by atoms with Crippen LogP contribution in [0.3, 0.4) is 0 Å². The first-order valence-corrected chi connectivity index (χ1v) is 8.17. The molecule has 1 aromatic rings. The van der Waals surface area contributed by atoms with Gasteiger partial charge >= 0.3 is 0 Å². The molecule has 0 saturated carbocycles. The highest BCUT2D eigenvalue weighted by Crippen LogP contribution is 2.13. The third kappa shape index (κ3) is 5.72. The zero-order chi connectivity index (χ0) is 13.2. The molecule has 1 rings (SSSR count). The maximum absolute atomic E-state index is 11.4. The zero-order valence-electron chi connectivity index (χ0n) is 11.6. The van der Waals surface area contributed by atoms with Crippen LogP contribution in [0.2, 0.25) is 0 Å². The van der Waals surface area contributed by atoms with Gasteiger partial charge in [0.2, 0.25) is 5.12 Å². The summed E-state index contributed by atoms with van der Waals surface area (Å²) >= 11 is 1.27. The fourth-order valence-electron chi connectivity index (χ4n) is 2.03. The number of thioether (sulfide) groups is 1. The van der Waals surface area contributed by atoms with Gasteiger partial charge in [0.25, 0.3) is 0 Å². The summed E-state index contributed by atoms with van der Waals surface area (Å²) in [5.74, 6) is 0. The van der Waals surface area contributed by atoms with E-state index in [1.165, 1.54) is 55.9 Å². The van der Waals surface area contributed by atoms with Crippen molar-refractivity contribution < 1.29 is 4.79 Å². The van der Waals surface area contributed by atoms with Gasteiger partial charge in [0.15, 0.2) is 0 Å². The van der Waals surface area contributed by atoms with Crippen LogP contribution < -0.4 is 0 Å². The van der Waals surface area contributed by atoms with E-state index in [2.05, 4.69) is 19.1 Å². The first kappa shape index (κ1) is 15.3. The Hall–Kier alpha value is -0.760. The first-order chi connectivity index (χ1) is 8.77. The fourth-order valence-corrected chi connectivity index (χ4v) is 2.41. The summed E-state index contributed by atoms with van der Waals surface area (Å²) in [6.45, 7) is 2.25. The quantitative estimate of drug-likeness (QED) is 0.608. The van der Waals surface area contributed by atoms with Gasteiger partial charge in [0.05, 0.1) is 0 Å². The Kier molecular flexibility index (Phi) is 7.83. The largest absolute Gasteiger partial charge is 0.282 e. The van der Waals surface area contributed by atoms with Crippen molar-refractivity contribution >= 4 is 16.9 Å². The van der Waals surface area contributed by atoms with Crippen molar-refractivity contribution in [3.8, 4) is 0 Å². The van der Waals surface area contributed by atoms with Crippen LogP contribution in [0.1, 0.15) is 61.4 Å². The van der Waals surface area contributed by atoms with Gasteiger partial charge in [-0.1, -0.05) is 75.1 Å². The summed E-state index contributed by atoms with van der Waals surface area (Å²) in [5, 5.41) is 0.154. The molecule has 0 aliphatic heterocycles. The minimum atomic E-state index is 0.154. The number of rotatable bonds is 8. The minimum absolute atomic E-state index is 0.154. The molecule has 0 radical (unpaired) electrons. The van der Waals surface area contributed by atoms with Crippen molar-refractivity contribution in [1.82, 2.24) is 0 Å². The van der Waals surface area contributed by atoms with E-state index in [1.54, 1.807) is 0 Å². The van der Waals surface area contributed by atoms with Gasteiger partial charge in [-0.25, -0.2) is 0 Å². The number of unbranched alkanes of at least 4 members (excludes halogenated alkanes) is 5. The van der Waals surface area contributed by atoms with Crippen LogP contribution in [0.25, 0.3) is 0 Å². The number of benzene rings is 1. The Morgan fingerprint density at radius 3 is 2.22 bits per heavy atom. The topological polar surface area (TPSA) is 17.1 Å². The normalized spacial score (nSPS) is 10.6. The second-order valence-electron chi connectivity index (χ2n) is 4.71. The first-order valence-electron chi connectivity index (χ1n) is 6.95. The number of aryl methyl sites for hydroxylation is 1. The number of carbonyl (C=O) groups excluding carboxylic acids is 1. The lowest BCUT2D eigenvalue weighted by Gasteiger charge is -2.03. The second kappa shape index (κ2) is 9.21. The van der Waals surface area contributed by atoms with Crippen LogP contribution in [0.15, 0.2) is 24.3 Å². The zero-order valence-corrected chi connectivity index (χ0v) is 12.4. The molecule has 0 amide bonds. The van der Waals surface area contributed by atoms with Gasteiger partial charge in [-0.15, -0.1) is 0 Å². The lowest BCUT2D eigenvalue weighted by molar-refractivity contribution is 0.108. The molecule has 0 bridgehead atoms.